The minimum absolute atomic E-state index is 0.286. The molecule has 0 N–H and O–H groups in total. The highest BCUT2D eigenvalue weighted by Crippen LogP contribution is 2.19. The molecule has 1 aromatic rings. The Hall–Kier alpha value is -2.01. The minimum atomic E-state index is -0.791. The number of carbonyl (C=O) groups excluding carboxylic acids is 2. The molecule has 0 amide bonds. The van der Waals surface area contributed by atoms with Gasteiger partial charge in [0.05, 0.1) is 20.3 Å². The van der Waals surface area contributed by atoms with E-state index in [1.165, 1.54) is 20.3 Å². The van der Waals surface area contributed by atoms with E-state index in [2.05, 4.69) is 9.47 Å². The summed E-state index contributed by atoms with van der Waals surface area (Å²) in [5.41, 5.74) is 0. The third-order valence-corrected chi connectivity index (χ3v) is 2.10. The third-order valence-electron chi connectivity index (χ3n) is 1.86. The van der Waals surface area contributed by atoms with Crippen molar-refractivity contribution in [3.8, 4) is 5.75 Å². The number of benzene rings is 1. The summed E-state index contributed by atoms with van der Waals surface area (Å²) in [7, 11) is 2.36. The van der Waals surface area contributed by atoms with Gasteiger partial charge < -0.3 is 14.2 Å². The Kier molecular flexibility index (Phi) is 5.20. The van der Waals surface area contributed by atoms with Crippen molar-refractivity contribution in [2.75, 3.05) is 14.2 Å². The van der Waals surface area contributed by atoms with Gasteiger partial charge in [-0.05, 0) is 18.2 Å². The van der Waals surface area contributed by atoms with Gasteiger partial charge in [-0.1, -0.05) is 17.7 Å². The average molecular weight is 271 g/mol. The molecular weight excluding hydrogens is 260 g/mol. The lowest BCUT2D eigenvalue weighted by molar-refractivity contribution is -0.140. The van der Waals surface area contributed by atoms with Crippen LogP contribution in [-0.4, -0.2) is 26.2 Å². The Morgan fingerprint density at radius 1 is 1.22 bits per heavy atom. The first-order valence-corrected chi connectivity index (χ1v) is 5.26. The fraction of sp³-hybridized carbons (Fsp3) is 0.167. The van der Waals surface area contributed by atoms with Crippen molar-refractivity contribution in [3.63, 3.8) is 0 Å². The number of ether oxygens (including phenoxy) is 3. The Labute approximate surface area is 109 Å². The Bertz CT molecular complexity index is 481. The molecule has 0 aromatic heterocycles. The molecule has 1 rings (SSSR count). The summed E-state index contributed by atoms with van der Waals surface area (Å²) in [6, 6.07) is 6.37. The molecule has 0 aliphatic carbocycles. The van der Waals surface area contributed by atoms with Crippen LogP contribution in [0, 0.1) is 0 Å². The van der Waals surface area contributed by atoms with Crippen LogP contribution in [0.15, 0.2) is 36.1 Å². The van der Waals surface area contributed by atoms with Gasteiger partial charge >= 0.3 is 11.9 Å². The lowest BCUT2D eigenvalue weighted by Gasteiger charge is -2.08. The van der Waals surface area contributed by atoms with Crippen molar-refractivity contribution >= 4 is 23.5 Å². The number of hydrogen-bond acceptors (Lipinski definition) is 5. The second kappa shape index (κ2) is 6.66. The Balaban J connectivity index is 2.95. The van der Waals surface area contributed by atoms with Gasteiger partial charge in [0.15, 0.2) is 0 Å². The standard InChI is InChI=1S/C12H11ClO5/c1-16-11(14)7-10(12(15)17-2)18-9-5-3-4-8(13)6-9/h3-7H,1-2H3/b10-7-. The van der Waals surface area contributed by atoms with Gasteiger partial charge in [-0.3, -0.25) is 0 Å². The molecule has 0 unspecified atom stereocenters. The van der Waals surface area contributed by atoms with E-state index < -0.39 is 11.9 Å². The molecule has 0 spiro atoms. The molecule has 96 valence electrons. The van der Waals surface area contributed by atoms with Crippen LogP contribution in [0.2, 0.25) is 5.02 Å². The smallest absolute Gasteiger partial charge is 0.374 e. The van der Waals surface area contributed by atoms with Gasteiger partial charge in [0.1, 0.15) is 5.75 Å². The zero-order chi connectivity index (χ0) is 13.5. The fourth-order valence-corrected chi connectivity index (χ4v) is 1.23. The highest BCUT2D eigenvalue weighted by molar-refractivity contribution is 6.30. The van der Waals surface area contributed by atoms with Crippen molar-refractivity contribution in [2.45, 2.75) is 0 Å². The van der Waals surface area contributed by atoms with E-state index in [1.807, 2.05) is 0 Å². The van der Waals surface area contributed by atoms with Gasteiger partial charge in [0.2, 0.25) is 5.76 Å². The number of hydrogen-bond donors (Lipinski definition) is 0. The molecule has 5 nitrogen and oxygen atoms in total. The van der Waals surface area contributed by atoms with Crippen LogP contribution in [0.3, 0.4) is 0 Å². The average Bonchev–Trinajstić information content (AvgIpc) is 2.36. The number of esters is 2. The normalized spacial score (nSPS) is 10.7. The predicted molar refractivity (Wildman–Crippen MR) is 64.2 cm³/mol. The number of methoxy groups -OCH3 is 2. The summed E-state index contributed by atoms with van der Waals surface area (Å²) < 4.78 is 14.1. The van der Waals surface area contributed by atoms with E-state index in [9.17, 15) is 9.59 Å². The molecule has 6 heteroatoms. The van der Waals surface area contributed by atoms with Crippen LogP contribution >= 0.6 is 11.6 Å². The van der Waals surface area contributed by atoms with Crippen molar-refractivity contribution in [1.82, 2.24) is 0 Å². The summed E-state index contributed by atoms with van der Waals surface area (Å²) in [6.45, 7) is 0. The molecule has 0 aliphatic rings. The molecule has 0 bridgehead atoms. The van der Waals surface area contributed by atoms with Crippen molar-refractivity contribution in [2.24, 2.45) is 0 Å². The van der Waals surface area contributed by atoms with E-state index in [1.54, 1.807) is 18.2 Å². The highest BCUT2D eigenvalue weighted by Gasteiger charge is 2.15. The molecule has 0 fully saturated rings. The topological polar surface area (TPSA) is 61.8 Å². The minimum Gasteiger partial charge on any atom is -0.466 e. The van der Waals surface area contributed by atoms with Crippen LogP contribution in [0.5, 0.6) is 5.75 Å². The molecule has 0 radical (unpaired) electrons. The van der Waals surface area contributed by atoms with Crippen molar-refractivity contribution in [1.29, 1.82) is 0 Å². The van der Waals surface area contributed by atoms with Crippen molar-refractivity contribution < 1.29 is 23.8 Å². The molecule has 0 atom stereocenters. The van der Waals surface area contributed by atoms with Crippen LogP contribution in [0.4, 0.5) is 0 Å². The molecule has 0 heterocycles. The van der Waals surface area contributed by atoms with E-state index in [4.69, 9.17) is 16.3 Å². The zero-order valence-electron chi connectivity index (χ0n) is 9.81. The van der Waals surface area contributed by atoms with Gasteiger partial charge in [-0.15, -0.1) is 0 Å². The molecule has 0 saturated carbocycles. The molecule has 18 heavy (non-hydrogen) atoms. The summed E-state index contributed by atoms with van der Waals surface area (Å²) in [5, 5.41) is 0.440. The van der Waals surface area contributed by atoms with Crippen LogP contribution < -0.4 is 4.74 Å². The van der Waals surface area contributed by atoms with Crippen molar-refractivity contribution in [3.05, 3.63) is 41.1 Å². The first-order valence-electron chi connectivity index (χ1n) is 4.88. The second-order valence-electron chi connectivity index (χ2n) is 3.08. The molecule has 0 aliphatic heterocycles. The maximum Gasteiger partial charge on any atom is 0.374 e. The molecular formula is C12H11ClO5. The highest BCUT2D eigenvalue weighted by atomic mass is 35.5. The lowest BCUT2D eigenvalue weighted by Crippen LogP contribution is -2.13. The lowest BCUT2D eigenvalue weighted by atomic mass is 10.3. The summed E-state index contributed by atoms with van der Waals surface area (Å²) in [5.74, 6) is -1.49. The fourth-order valence-electron chi connectivity index (χ4n) is 1.05. The second-order valence-corrected chi connectivity index (χ2v) is 3.52. The van der Waals surface area contributed by atoms with Gasteiger partial charge in [-0.25, -0.2) is 9.59 Å². The SMILES string of the molecule is COC(=O)/C=C(\Oc1cccc(Cl)c1)C(=O)OC. The first-order chi connectivity index (χ1) is 8.56. The maximum atomic E-state index is 11.4. The predicted octanol–water partition coefficient (Wildman–Crippen LogP) is 1.95. The van der Waals surface area contributed by atoms with Crippen LogP contribution in [0.25, 0.3) is 0 Å². The quantitative estimate of drug-likeness (QED) is 0.475. The summed E-state index contributed by atoms with van der Waals surface area (Å²) in [6.07, 6.45) is 0.896. The van der Waals surface area contributed by atoms with E-state index >= 15 is 0 Å². The zero-order valence-corrected chi connectivity index (χ0v) is 10.6. The van der Waals surface area contributed by atoms with Gasteiger partial charge in [-0.2, -0.15) is 0 Å². The Morgan fingerprint density at radius 3 is 2.50 bits per heavy atom. The number of halogens is 1. The van der Waals surface area contributed by atoms with E-state index in [0.717, 1.165) is 6.08 Å². The van der Waals surface area contributed by atoms with Crippen LogP contribution in [0.1, 0.15) is 0 Å². The van der Waals surface area contributed by atoms with Gasteiger partial charge in [0.25, 0.3) is 0 Å². The molecule has 0 saturated heterocycles. The monoisotopic (exact) mass is 270 g/mol. The van der Waals surface area contributed by atoms with Gasteiger partial charge in [0, 0.05) is 5.02 Å². The largest absolute Gasteiger partial charge is 0.466 e. The van der Waals surface area contributed by atoms with Crippen LogP contribution in [-0.2, 0) is 19.1 Å². The maximum absolute atomic E-state index is 11.4. The molecule has 1 aromatic carbocycles. The summed E-state index contributed by atoms with van der Waals surface area (Å²) >= 11 is 5.77. The first kappa shape index (κ1) is 14.1. The van der Waals surface area contributed by atoms with E-state index in [-0.39, 0.29) is 5.76 Å². The number of carbonyl (C=O) groups is 2. The van der Waals surface area contributed by atoms with E-state index in [0.29, 0.717) is 10.8 Å². The third kappa shape index (κ3) is 4.10. The Morgan fingerprint density at radius 2 is 1.94 bits per heavy atom. The summed E-state index contributed by atoms with van der Waals surface area (Å²) in [4.78, 5) is 22.5. The number of rotatable bonds is 4.